The first-order valence-electron chi connectivity index (χ1n) is 15.1. The Balaban J connectivity index is 1.17. The molecule has 2 amide bonds. The first kappa shape index (κ1) is 30.9. The van der Waals surface area contributed by atoms with E-state index in [-0.39, 0.29) is 48.6 Å². The molecule has 2 heterocycles. The smallest absolute Gasteiger partial charge is 0.350 e. The summed E-state index contributed by atoms with van der Waals surface area (Å²) < 4.78 is 65.6. The summed E-state index contributed by atoms with van der Waals surface area (Å²) in [6, 6.07) is 6.08. The highest BCUT2D eigenvalue weighted by Gasteiger charge is 2.67. The van der Waals surface area contributed by atoms with E-state index in [0.29, 0.717) is 34.9 Å². The van der Waals surface area contributed by atoms with Crippen LogP contribution in [0.4, 0.5) is 22.0 Å². The molecule has 5 atom stereocenters. The number of H-pyrrole nitrogens is 1. The molecule has 45 heavy (non-hydrogen) atoms. The number of benzene rings is 1. The van der Waals surface area contributed by atoms with E-state index in [4.69, 9.17) is 0 Å². The van der Waals surface area contributed by atoms with Crippen molar-refractivity contribution in [2.24, 2.45) is 23.2 Å². The molecule has 15 heteroatoms. The van der Waals surface area contributed by atoms with Gasteiger partial charge in [-0.3, -0.25) is 9.59 Å². The van der Waals surface area contributed by atoms with Crippen molar-refractivity contribution in [1.29, 1.82) is 5.26 Å². The Morgan fingerprint density at radius 2 is 1.96 bits per heavy atom. The van der Waals surface area contributed by atoms with Crippen LogP contribution in [0.5, 0.6) is 0 Å². The molecule has 0 saturated heterocycles. The molecule has 0 bridgehead atoms. The van der Waals surface area contributed by atoms with Gasteiger partial charge in [-0.05, 0) is 67.6 Å². The van der Waals surface area contributed by atoms with Crippen LogP contribution in [0.1, 0.15) is 92.3 Å². The van der Waals surface area contributed by atoms with Crippen LogP contribution < -0.4 is 10.6 Å². The third kappa shape index (κ3) is 6.64. The monoisotopic (exact) mass is 632 g/mol. The Labute approximate surface area is 255 Å². The number of halogens is 5. The van der Waals surface area contributed by atoms with Gasteiger partial charge in [-0.25, -0.2) is 13.8 Å². The van der Waals surface area contributed by atoms with E-state index in [1.54, 1.807) is 25.1 Å². The lowest BCUT2D eigenvalue weighted by Crippen LogP contribution is -2.38. The largest absolute Gasteiger partial charge is 0.389 e. The van der Waals surface area contributed by atoms with Crippen LogP contribution in [0.25, 0.3) is 11.0 Å². The normalized spacial score (nSPS) is 25.4. The Bertz CT molecular complexity index is 1630. The van der Waals surface area contributed by atoms with Crippen molar-refractivity contribution in [2.45, 2.75) is 89.0 Å². The van der Waals surface area contributed by atoms with Crippen molar-refractivity contribution in [2.75, 3.05) is 0 Å². The fourth-order valence-electron chi connectivity index (χ4n) is 6.88. The lowest BCUT2D eigenvalue weighted by Gasteiger charge is -2.33. The minimum Gasteiger partial charge on any atom is -0.350 e. The molecule has 3 fully saturated rings. The molecule has 3 aliphatic carbocycles. The zero-order valence-corrected chi connectivity index (χ0v) is 24.5. The van der Waals surface area contributed by atoms with Gasteiger partial charge in [0.05, 0.1) is 54.3 Å². The van der Waals surface area contributed by atoms with Crippen LogP contribution in [-0.4, -0.2) is 48.9 Å². The zero-order chi connectivity index (χ0) is 32.1. The second-order valence-corrected chi connectivity index (χ2v) is 12.8. The van der Waals surface area contributed by atoms with Gasteiger partial charge in [0, 0.05) is 19.3 Å². The highest BCUT2D eigenvalue weighted by Crippen LogP contribution is 2.71. The molecule has 3 saturated carbocycles. The number of hydrogen-bond acceptors (Lipinski definition) is 6. The summed E-state index contributed by atoms with van der Waals surface area (Å²) in [6.07, 6.45) is -3.52. The number of rotatable bonds is 10. The van der Waals surface area contributed by atoms with Crippen LogP contribution in [-0.2, 0) is 11.3 Å². The van der Waals surface area contributed by atoms with Crippen LogP contribution in [0.15, 0.2) is 24.4 Å². The summed E-state index contributed by atoms with van der Waals surface area (Å²) in [6.45, 7) is 2.18. The third-order valence-electron chi connectivity index (χ3n) is 9.61. The van der Waals surface area contributed by atoms with Gasteiger partial charge in [0.1, 0.15) is 5.82 Å². The fraction of sp³-hybridized carbons (Fsp3) is 0.600. The van der Waals surface area contributed by atoms with Crippen molar-refractivity contribution < 1.29 is 31.5 Å². The number of hydrogen-bond donors (Lipinski definition) is 3. The van der Waals surface area contributed by atoms with Crippen molar-refractivity contribution in [3.8, 4) is 6.07 Å². The van der Waals surface area contributed by atoms with Crippen LogP contribution in [0.2, 0.25) is 0 Å². The van der Waals surface area contributed by atoms with Crippen LogP contribution >= 0.6 is 0 Å². The molecule has 3 N–H and O–H groups in total. The number of fused-ring (bicyclic) bond motifs is 2. The minimum absolute atomic E-state index is 0.0273. The summed E-state index contributed by atoms with van der Waals surface area (Å²) in [5, 5.41) is 23.3. The maximum atomic E-state index is 14.0. The molecule has 10 nitrogen and oxygen atoms in total. The SMILES string of the molecule is C[C@@H](NC(=O)CCC(F)(F)F)c1ccc2nc([C@@H](NC(=O)c3cnn(CC45CC(C#N)C4C5)n3)C3CCC(F)(F)CC3)[nH]c2c1. The molecule has 3 unspecified atom stereocenters. The molecular weight excluding hydrogens is 599 g/mol. The van der Waals surface area contributed by atoms with Crippen LogP contribution in [0.3, 0.4) is 0 Å². The van der Waals surface area contributed by atoms with E-state index < -0.39 is 48.8 Å². The average Bonchev–Trinajstić information content (AvgIpc) is 3.33. The number of nitriles is 1. The number of nitrogens with one attached hydrogen (secondary N) is 3. The van der Waals surface area contributed by atoms with Gasteiger partial charge in [-0.15, -0.1) is 5.10 Å². The van der Waals surface area contributed by atoms with Crippen molar-refractivity contribution in [3.05, 3.63) is 41.5 Å². The first-order valence-corrected chi connectivity index (χ1v) is 15.1. The van der Waals surface area contributed by atoms with Crippen molar-refractivity contribution in [3.63, 3.8) is 0 Å². The maximum Gasteiger partial charge on any atom is 0.389 e. The Hall–Kier alpha value is -4.09. The summed E-state index contributed by atoms with van der Waals surface area (Å²) >= 11 is 0. The molecule has 0 radical (unpaired) electrons. The molecule has 3 aromatic rings. The van der Waals surface area contributed by atoms with Gasteiger partial charge < -0.3 is 15.6 Å². The lowest BCUT2D eigenvalue weighted by molar-refractivity contribution is -0.144. The van der Waals surface area contributed by atoms with E-state index in [1.807, 2.05) is 0 Å². The number of nitrogens with zero attached hydrogens (tertiary/aromatic N) is 5. The van der Waals surface area contributed by atoms with Crippen molar-refractivity contribution in [1.82, 2.24) is 35.6 Å². The number of carbonyl (C=O) groups excluding carboxylic acids is 2. The van der Waals surface area contributed by atoms with E-state index in [0.717, 1.165) is 12.8 Å². The standard InChI is InChI=1S/C30H33F5N8O2/c1-16(38-24(44)6-9-30(33,34)35)18-2-3-21-22(10-18)40-26(39-21)25(17-4-7-29(31,32)8-5-17)41-27(45)23-14-37-43(42-23)15-28-11-19(13-36)20(28)12-28/h2-3,10,14,16-17,19-20,25H,4-9,11-12,15H2,1H3,(H,38,44)(H,39,40)(H,41,45)/t16-,19?,20?,25+,28?/m1/s1. The second-order valence-electron chi connectivity index (χ2n) is 12.8. The summed E-state index contributed by atoms with van der Waals surface area (Å²) in [7, 11) is 0. The highest BCUT2D eigenvalue weighted by molar-refractivity contribution is 5.92. The van der Waals surface area contributed by atoms with Gasteiger partial charge in [0.15, 0.2) is 5.69 Å². The summed E-state index contributed by atoms with van der Waals surface area (Å²) in [5.41, 5.74) is 1.82. The molecule has 0 spiro atoms. The predicted octanol–water partition coefficient (Wildman–Crippen LogP) is 5.52. The van der Waals surface area contributed by atoms with E-state index in [9.17, 15) is 36.8 Å². The van der Waals surface area contributed by atoms with E-state index in [1.165, 1.54) is 11.0 Å². The molecule has 3 aliphatic rings. The first-order chi connectivity index (χ1) is 21.2. The maximum absolute atomic E-state index is 14.0. The molecule has 240 valence electrons. The van der Waals surface area contributed by atoms with Gasteiger partial charge in [0.2, 0.25) is 11.8 Å². The number of amides is 2. The Morgan fingerprint density at radius 1 is 1.20 bits per heavy atom. The predicted molar refractivity (Wildman–Crippen MR) is 149 cm³/mol. The molecule has 0 aliphatic heterocycles. The molecule has 6 rings (SSSR count). The minimum atomic E-state index is -4.43. The quantitative estimate of drug-likeness (QED) is 0.252. The van der Waals surface area contributed by atoms with Gasteiger partial charge in [0.25, 0.3) is 5.91 Å². The number of aromatic nitrogens is 5. The zero-order valence-electron chi connectivity index (χ0n) is 24.5. The molecule has 2 aromatic heterocycles. The number of carbonyl (C=O) groups is 2. The number of alkyl halides is 5. The number of aromatic amines is 1. The van der Waals surface area contributed by atoms with Gasteiger partial charge in [-0.1, -0.05) is 6.07 Å². The average molecular weight is 633 g/mol. The van der Waals surface area contributed by atoms with Crippen molar-refractivity contribution >= 4 is 22.8 Å². The lowest BCUT2D eigenvalue weighted by atomic mass is 9.76. The fourth-order valence-corrected chi connectivity index (χ4v) is 6.88. The Kier molecular flexibility index (Phi) is 7.81. The summed E-state index contributed by atoms with van der Waals surface area (Å²) in [4.78, 5) is 34.7. The number of imidazole rings is 1. The molecular formula is C30H33F5N8O2. The topological polar surface area (TPSA) is 141 Å². The van der Waals surface area contributed by atoms with E-state index in [2.05, 4.69) is 36.9 Å². The van der Waals surface area contributed by atoms with E-state index >= 15 is 0 Å². The summed E-state index contributed by atoms with van der Waals surface area (Å²) in [5.74, 6) is -3.57. The van der Waals surface area contributed by atoms with Gasteiger partial charge >= 0.3 is 6.18 Å². The van der Waals surface area contributed by atoms with Crippen LogP contribution in [0, 0.1) is 34.5 Å². The molecule has 1 aromatic carbocycles. The highest BCUT2D eigenvalue weighted by atomic mass is 19.4. The second kappa shape index (κ2) is 11.4. The third-order valence-corrected chi connectivity index (χ3v) is 9.61. The van der Waals surface area contributed by atoms with Gasteiger partial charge in [-0.2, -0.15) is 28.3 Å². The Morgan fingerprint density at radius 3 is 2.64 bits per heavy atom.